The quantitative estimate of drug-likeness (QED) is 0.793. The van der Waals surface area contributed by atoms with Crippen LogP contribution in [0.4, 0.5) is 4.39 Å². The van der Waals surface area contributed by atoms with Crippen molar-refractivity contribution in [2.45, 2.75) is 17.3 Å². The van der Waals surface area contributed by atoms with Gasteiger partial charge in [-0.1, -0.05) is 6.07 Å². The van der Waals surface area contributed by atoms with Gasteiger partial charge in [0.1, 0.15) is 10.7 Å². The lowest BCUT2D eigenvalue weighted by atomic mass is 10.2. The minimum absolute atomic E-state index is 0.122. The summed E-state index contributed by atoms with van der Waals surface area (Å²) in [5.41, 5.74) is 1.32. The third-order valence-electron chi connectivity index (χ3n) is 2.99. The van der Waals surface area contributed by atoms with Gasteiger partial charge in [-0.2, -0.15) is 4.31 Å². The molecule has 0 radical (unpaired) electrons. The van der Waals surface area contributed by atoms with Crippen LogP contribution in [0.15, 0.2) is 47.6 Å². The molecule has 0 unspecified atom stereocenters. The van der Waals surface area contributed by atoms with E-state index in [0.29, 0.717) is 5.56 Å². The van der Waals surface area contributed by atoms with E-state index in [1.165, 1.54) is 19.2 Å². The summed E-state index contributed by atoms with van der Waals surface area (Å²) >= 11 is 5.67. The zero-order valence-electron chi connectivity index (χ0n) is 11.3. The van der Waals surface area contributed by atoms with Crippen molar-refractivity contribution in [2.24, 2.45) is 0 Å². The normalized spacial score (nSPS) is 11.8. The van der Waals surface area contributed by atoms with Crippen molar-refractivity contribution in [3.05, 3.63) is 59.7 Å². The third-order valence-corrected chi connectivity index (χ3v) is 5.12. The summed E-state index contributed by atoms with van der Waals surface area (Å²) in [6.07, 6.45) is 3.15. The van der Waals surface area contributed by atoms with E-state index < -0.39 is 15.8 Å². The summed E-state index contributed by atoms with van der Waals surface area (Å²) in [5, 5.41) is 0. The lowest BCUT2D eigenvalue weighted by Crippen LogP contribution is -2.27. The second-order valence-electron chi connectivity index (χ2n) is 4.51. The number of halogens is 2. The Morgan fingerprint density at radius 1 is 1.19 bits per heavy atom. The maximum atomic E-state index is 13.8. The fourth-order valence-corrected chi connectivity index (χ4v) is 3.26. The van der Waals surface area contributed by atoms with Crippen LogP contribution in [-0.2, 0) is 22.4 Å². The lowest BCUT2D eigenvalue weighted by Gasteiger charge is -2.18. The number of hydrogen-bond acceptors (Lipinski definition) is 3. The van der Waals surface area contributed by atoms with Gasteiger partial charge in [0.05, 0.1) is 0 Å². The standard InChI is InChI=1S/C14H14ClFN2O2S/c1-18(10-11-4-6-17-7-5-11)21(19,20)14-8-12(9-15)2-3-13(14)16/h2-8H,9-10H2,1H3. The van der Waals surface area contributed by atoms with Crippen LogP contribution in [0.1, 0.15) is 11.1 Å². The Balaban J connectivity index is 2.33. The monoisotopic (exact) mass is 328 g/mol. The molecule has 4 nitrogen and oxygen atoms in total. The zero-order chi connectivity index (χ0) is 15.5. The highest BCUT2D eigenvalue weighted by Gasteiger charge is 2.24. The van der Waals surface area contributed by atoms with E-state index in [2.05, 4.69) is 4.98 Å². The molecular weight excluding hydrogens is 315 g/mol. The summed E-state index contributed by atoms with van der Waals surface area (Å²) in [5.74, 6) is -0.665. The molecule has 0 atom stereocenters. The van der Waals surface area contributed by atoms with Crippen molar-refractivity contribution in [1.82, 2.24) is 9.29 Å². The van der Waals surface area contributed by atoms with E-state index in [9.17, 15) is 12.8 Å². The van der Waals surface area contributed by atoms with Crippen molar-refractivity contribution < 1.29 is 12.8 Å². The van der Waals surface area contributed by atoms with Gasteiger partial charge in [-0.3, -0.25) is 4.98 Å². The highest BCUT2D eigenvalue weighted by atomic mass is 35.5. The molecule has 2 aromatic rings. The first kappa shape index (κ1) is 15.9. The smallest absolute Gasteiger partial charge is 0.246 e. The molecule has 1 aromatic heterocycles. The van der Waals surface area contributed by atoms with Crippen LogP contribution in [-0.4, -0.2) is 24.8 Å². The topological polar surface area (TPSA) is 50.3 Å². The van der Waals surface area contributed by atoms with Crippen LogP contribution in [0.5, 0.6) is 0 Å². The van der Waals surface area contributed by atoms with Gasteiger partial charge in [-0.05, 0) is 35.4 Å². The van der Waals surface area contributed by atoms with Crippen molar-refractivity contribution in [3.63, 3.8) is 0 Å². The maximum absolute atomic E-state index is 13.8. The Hall–Kier alpha value is -1.50. The molecule has 7 heteroatoms. The fourth-order valence-electron chi connectivity index (χ4n) is 1.83. The molecule has 1 heterocycles. The first-order valence-corrected chi connectivity index (χ1v) is 8.12. The molecule has 2 rings (SSSR count). The Morgan fingerprint density at radius 2 is 1.86 bits per heavy atom. The minimum atomic E-state index is -3.92. The predicted molar refractivity (Wildman–Crippen MR) is 78.8 cm³/mol. The van der Waals surface area contributed by atoms with Crippen LogP contribution in [0, 0.1) is 5.82 Å². The molecule has 0 saturated carbocycles. The summed E-state index contributed by atoms with van der Waals surface area (Å²) < 4.78 is 39.8. The van der Waals surface area contributed by atoms with Gasteiger partial charge in [0.25, 0.3) is 0 Å². The Labute approximate surface area is 128 Å². The number of rotatable bonds is 5. The molecule has 0 aliphatic rings. The van der Waals surface area contributed by atoms with Crippen LogP contribution in [0.2, 0.25) is 0 Å². The molecular formula is C14H14ClFN2O2S. The average Bonchev–Trinajstić information content (AvgIpc) is 2.48. The summed E-state index contributed by atoms with van der Waals surface area (Å²) in [7, 11) is -2.52. The fraction of sp³-hybridized carbons (Fsp3) is 0.214. The SMILES string of the molecule is CN(Cc1ccncc1)S(=O)(=O)c1cc(CCl)ccc1F. The average molecular weight is 329 g/mol. The van der Waals surface area contributed by atoms with E-state index in [-0.39, 0.29) is 17.3 Å². The molecule has 21 heavy (non-hydrogen) atoms. The van der Waals surface area contributed by atoms with Crippen molar-refractivity contribution in [1.29, 1.82) is 0 Å². The van der Waals surface area contributed by atoms with Gasteiger partial charge >= 0.3 is 0 Å². The second kappa shape index (κ2) is 6.51. The van der Waals surface area contributed by atoms with Gasteiger partial charge in [0, 0.05) is 31.9 Å². The van der Waals surface area contributed by atoms with E-state index in [0.717, 1.165) is 15.9 Å². The number of nitrogens with zero attached hydrogens (tertiary/aromatic N) is 2. The Kier molecular flexibility index (Phi) is 4.92. The molecule has 0 aliphatic heterocycles. The molecule has 0 fully saturated rings. The first-order valence-electron chi connectivity index (χ1n) is 6.15. The minimum Gasteiger partial charge on any atom is -0.265 e. The van der Waals surface area contributed by atoms with E-state index in [1.54, 1.807) is 24.5 Å². The largest absolute Gasteiger partial charge is 0.265 e. The predicted octanol–water partition coefficient (Wildman–Crippen LogP) is 2.78. The molecule has 0 aliphatic carbocycles. The lowest BCUT2D eigenvalue weighted by molar-refractivity contribution is 0.459. The van der Waals surface area contributed by atoms with Crippen LogP contribution in [0.25, 0.3) is 0 Å². The van der Waals surface area contributed by atoms with E-state index in [1.807, 2.05) is 0 Å². The number of benzene rings is 1. The number of hydrogen-bond donors (Lipinski definition) is 0. The van der Waals surface area contributed by atoms with E-state index in [4.69, 9.17) is 11.6 Å². The number of alkyl halides is 1. The van der Waals surface area contributed by atoms with E-state index >= 15 is 0 Å². The molecule has 0 bridgehead atoms. The van der Waals surface area contributed by atoms with Crippen LogP contribution >= 0.6 is 11.6 Å². The summed E-state index contributed by atoms with van der Waals surface area (Å²) in [6.45, 7) is 0.134. The highest BCUT2D eigenvalue weighted by Crippen LogP contribution is 2.22. The number of pyridine rings is 1. The Morgan fingerprint density at radius 3 is 2.48 bits per heavy atom. The number of aromatic nitrogens is 1. The van der Waals surface area contributed by atoms with Gasteiger partial charge in [0.2, 0.25) is 10.0 Å². The second-order valence-corrected chi connectivity index (χ2v) is 6.80. The first-order chi connectivity index (χ1) is 9.95. The van der Waals surface area contributed by atoms with Gasteiger partial charge in [0.15, 0.2) is 0 Å². The molecule has 112 valence electrons. The van der Waals surface area contributed by atoms with Crippen molar-refractivity contribution >= 4 is 21.6 Å². The third kappa shape index (κ3) is 3.58. The van der Waals surface area contributed by atoms with Gasteiger partial charge in [-0.25, -0.2) is 12.8 Å². The molecule has 0 amide bonds. The Bertz CT molecular complexity index is 723. The molecule has 0 saturated heterocycles. The number of sulfonamides is 1. The van der Waals surface area contributed by atoms with Crippen LogP contribution < -0.4 is 0 Å². The zero-order valence-corrected chi connectivity index (χ0v) is 12.9. The van der Waals surface area contributed by atoms with Crippen molar-refractivity contribution in [2.75, 3.05) is 7.05 Å². The maximum Gasteiger partial charge on any atom is 0.246 e. The molecule has 0 spiro atoms. The highest BCUT2D eigenvalue weighted by molar-refractivity contribution is 7.89. The summed E-state index contributed by atoms with van der Waals surface area (Å²) in [6, 6.07) is 7.25. The summed E-state index contributed by atoms with van der Waals surface area (Å²) in [4.78, 5) is 3.50. The van der Waals surface area contributed by atoms with Crippen molar-refractivity contribution in [3.8, 4) is 0 Å². The molecule has 1 aromatic carbocycles. The molecule has 0 N–H and O–H groups in total. The van der Waals surface area contributed by atoms with Crippen LogP contribution in [0.3, 0.4) is 0 Å². The van der Waals surface area contributed by atoms with Gasteiger partial charge < -0.3 is 0 Å². The van der Waals surface area contributed by atoms with Gasteiger partial charge in [-0.15, -0.1) is 11.6 Å².